The maximum absolute atomic E-state index is 12.7. The molecule has 0 unspecified atom stereocenters. The second-order valence-corrected chi connectivity index (χ2v) is 9.06. The highest BCUT2D eigenvalue weighted by Gasteiger charge is 2.29. The van der Waals surface area contributed by atoms with Crippen LogP contribution in [0.2, 0.25) is 0 Å². The van der Waals surface area contributed by atoms with Crippen molar-refractivity contribution in [2.24, 2.45) is 11.8 Å². The van der Waals surface area contributed by atoms with Crippen LogP contribution in [0.15, 0.2) is 18.2 Å². The summed E-state index contributed by atoms with van der Waals surface area (Å²) in [5.74, 6) is 0.143. The number of nitrogen functional groups attached to an aromatic ring is 1. The molecule has 4 N–H and O–H groups in total. The van der Waals surface area contributed by atoms with Crippen molar-refractivity contribution in [2.75, 3.05) is 12.3 Å². The third-order valence-corrected chi connectivity index (χ3v) is 5.84. The predicted octanol–water partition coefficient (Wildman–Crippen LogP) is 3.92. The van der Waals surface area contributed by atoms with E-state index in [1.54, 1.807) is 25.1 Å². The van der Waals surface area contributed by atoms with Gasteiger partial charge >= 0.3 is 5.97 Å². The number of carboxylic acids is 1. The summed E-state index contributed by atoms with van der Waals surface area (Å²) in [5.41, 5.74) is 6.64. The van der Waals surface area contributed by atoms with Gasteiger partial charge in [0.25, 0.3) is 0 Å². The van der Waals surface area contributed by atoms with Gasteiger partial charge in [-0.05, 0) is 64.5 Å². The third-order valence-electron chi connectivity index (χ3n) is 5.84. The molecular weight excluding hydrogens is 382 g/mol. The van der Waals surface area contributed by atoms with Gasteiger partial charge in [-0.2, -0.15) is 0 Å². The number of rotatable bonds is 6. The van der Waals surface area contributed by atoms with Gasteiger partial charge in [-0.15, -0.1) is 0 Å². The van der Waals surface area contributed by atoms with Crippen LogP contribution < -0.4 is 15.8 Å². The van der Waals surface area contributed by atoms with Gasteiger partial charge in [-0.3, -0.25) is 9.78 Å². The van der Waals surface area contributed by atoms with Crippen molar-refractivity contribution in [2.45, 2.75) is 58.9 Å². The number of carbonyl (C=O) groups is 2. The van der Waals surface area contributed by atoms with Crippen LogP contribution in [0.1, 0.15) is 62.5 Å². The van der Waals surface area contributed by atoms with E-state index in [0.29, 0.717) is 28.3 Å². The molecule has 1 aliphatic carbocycles. The molecule has 0 spiro atoms. The number of fused-ring (bicyclic) bond motifs is 1. The topological polar surface area (TPSA) is 115 Å². The van der Waals surface area contributed by atoms with Gasteiger partial charge in [0.05, 0.1) is 27.8 Å². The molecule has 0 saturated heterocycles. The van der Waals surface area contributed by atoms with E-state index in [2.05, 4.69) is 17.2 Å². The molecule has 1 aromatic carbocycles. The molecule has 30 heavy (non-hydrogen) atoms. The molecule has 1 saturated carbocycles. The first-order valence-corrected chi connectivity index (χ1v) is 10.5. The molecule has 0 atom stereocenters. The van der Waals surface area contributed by atoms with Crippen LogP contribution >= 0.6 is 0 Å². The minimum Gasteiger partial charge on any atom is -0.490 e. The zero-order chi connectivity index (χ0) is 22.1. The van der Waals surface area contributed by atoms with Gasteiger partial charge in [0.2, 0.25) is 5.91 Å². The highest BCUT2D eigenvalue weighted by molar-refractivity contribution is 6.06. The second kappa shape index (κ2) is 8.50. The summed E-state index contributed by atoms with van der Waals surface area (Å²) in [7, 11) is 0. The number of nitrogens with zero attached hydrogens (tertiary/aromatic N) is 1. The Labute approximate surface area is 177 Å². The average molecular weight is 414 g/mol. The maximum Gasteiger partial charge on any atom is 0.339 e. The van der Waals surface area contributed by atoms with E-state index in [1.165, 1.54) is 0 Å². The quantitative estimate of drug-likeness (QED) is 0.661. The molecule has 0 radical (unpaired) electrons. The number of carboxylic acid groups (broad SMARTS) is 1. The zero-order valence-corrected chi connectivity index (χ0v) is 18.1. The smallest absolute Gasteiger partial charge is 0.339 e. The maximum atomic E-state index is 12.7. The number of benzene rings is 1. The minimum absolute atomic E-state index is 0.0161. The standard InChI is InChI=1S/C23H31N3O4/c1-13-8-10-15(11-9-13)21(27)26-23(3,4)12-30-17-7-5-6-16-19(17)20(24)18(22(28)29)14(2)25-16/h5-7,13,15H,8-12H2,1-4H3,(H2,24,25)(H,26,27)(H,28,29). The summed E-state index contributed by atoms with van der Waals surface area (Å²) >= 11 is 0. The number of hydrogen-bond donors (Lipinski definition) is 3. The van der Waals surface area contributed by atoms with E-state index < -0.39 is 11.5 Å². The average Bonchev–Trinajstić information content (AvgIpc) is 2.66. The van der Waals surface area contributed by atoms with E-state index >= 15 is 0 Å². The zero-order valence-electron chi connectivity index (χ0n) is 18.1. The first-order chi connectivity index (χ1) is 14.1. The first kappa shape index (κ1) is 21.9. The van der Waals surface area contributed by atoms with Crippen molar-refractivity contribution in [1.82, 2.24) is 10.3 Å². The Kier molecular flexibility index (Phi) is 6.19. The van der Waals surface area contributed by atoms with Crippen molar-refractivity contribution in [3.63, 3.8) is 0 Å². The molecular formula is C23H31N3O4. The Hall–Kier alpha value is -2.83. The Morgan fingerprint density at radius 2 is 1.93 bits per heavy atom. The normalized spacial score (nSPS) is 19.5. The van der Waals surface area contributed by atoms with E-state index in [0.717, 1.165) is 25.7 Å². The van der Waals surface area contributed by atoms with Crippen LogP contribution in [-0.2, 0) is 4.79 Å². The number of amides is 1. The van der Waals surface area contributed by atoms with Gasteiger partial charge in [-0.1, -0.05) is 13.0 Å². The lowest BCUT2D eigenvalue weighted by atomic mass is 9.82. The summed E-state index contributed by atoms with van der Waals surface area (Å²) in [4.78, 5) is 28.7. The molecule has 0 bridgehead atoms. The summed E-state index contributed by atoms with van der Waals surface area (Å²) in [6, 6.07) is 5.30. The number of nitrogens with two attached hydrogens (primary N) is 1. The van der Waals surface area contributed by atoms with Crippen LogP contribution in [0.5, 0.6) is 5.75 Å². The van der Waals surface area contributed by atoms with E-state index in [1.807, 2.05) is 13.8 Å². The molecule has 2 aromatic rings. The number of ether oxygens (including phenoxy) is 1. The predicted molar refractivity (Wildman–Crippen MR) is 117 cm³/mol. The number of carbonyl (C=O) groups excluding carboxylic acids is 1. The molecule has 1 fully saturated rings. The lowest BCUT2D eigenvalue weighted by Gasteiger charge is -2.31. The highest BCUT2D eigenvalue weighted by atomic mass is 16.5. The third kappa shape index (κ3) is 4.66. The fraction of sp³-hybridized carbons (Fsp3) is 0.522. The van der Waals surface area contributed by atoms with Gasteiger partial charge in [0.1, 0.15) is 17.9 Å². The summed E-state index contributed by atoms with van der Waals surface area (Å²) < 4.78 is 6.02. The first-order valence-electron chi connectivity index (χ1n) is 10.5. The number of anilines is 1. The van der Waals surface area contributed by atoms with Gasteiger partial charge < -0.3 is 20.9 Å². The van der Waals surface area contributed by atoms with Crippen LogP contribution in [-0.4, -0.2) is 34.1 Å². The van der Waals surface area contributed by atoms with Crippen LogP contribution in [0, 0.1) is 18.8 Å². The molecule has 1 aromatic heterocycles. The molecule has 1 amide bonds. The minimum atomic E-state index is -1.12. The lowest BCUT2D eigenvalue weighted by molar-refractivity contribution is -0.128. The van der Waals surface area contributed by atoms with Crippen LogP contribution in [0.25, 0.3) is 10.9 Å². The molecule has 7 heteroatoms. The molecule has 7 nitrogen and oxygen atoms in total. The number of aromatic carboxylic acids is 1. The summed E-state index contributed by atoms with van der Waals surface area (Å²) in [6.07, 6.45) is 4.02. The number of hydrogen-bond acceptors (Lipinski definition) is 5. The molecule has 162 valence electrons. The van der Waals surface area contributed by atoms with Gasteiger partial charge in [-0.25, -0.2) is 4.79 Å². The van der Waals surface area contributed by atoms with E-state index in [-0.39, 0.29) is 29.7 Å². The Morgan fingerprint density at radius 3 is 2.57 bits per heavy atom. The SMILES string of the molecule is Cc1nc2cccc(OCC(C)(C)NC(=O)C3CCC(C)CC3)c2c(N)c1C(=O)O. The van der Waals surface area contributed by atoms with Crippen molar-refractivity contribution in [1.29, 1.82) is 0 Å². The number of pyridine rings is 1. The molecule has 3 rings (SSSR count). The van der Waals surface area contributed by atoms with Crippen LogP contribution in [0.3, 0.4) is 0 Å². The molecule has 1 aliphatic rings. The molecule has 0 aliphatic heterocycles. The van der Waals surface area contributed by atoms with Crippen molar-refractivity contribution >= 4 is 28.5 Å². The number of aromatic nitrogens is 1. The fourth-order valence-electron chi connectivity index (χ4n) is 4.08. The number of aryl methyl sites for hydroxylation is 1. The monoisotopic (exact) mass is 413 g/mol. The second-order valence-electron chi connectivity index (χ2n) is 9.06. The molecule has 1 heterocycles. The van der Waals surface area contributed by atoms with Crippen molar-refractivity contribution in [3.05, 3.63) is 29.5 Å². The van der Waals surface area contributed by atoms with E-state index in [9.17, 15) is 14.7 Å². The van der Waals surface area contributed by atoms with Gasteiger partial charge in [0.15, 0.2) is 0 Å². The van der Waals surface area contributed by atoms with Crippen LogP contribution in [0.4, 0.5) is 5.69 Å². The van der Waals surface area contributed by atoms with Crippen molar-refractivity contribution in [3.8, 4) is 5.75 Å². The number of nitrogens with one attached hydrogen (secondary N) is 1. The fourth-order valence-corrected chi connectivity index (χ4v) is 4.08. The summed E-state index contributed by atoms with van der Waals surface area (Å²) in [6.45, 7) is 7.90. The largest absolute Gasteiger partial charge is 0.490 e. The Balaban J connectivity index is 1.76. The van der Waals surface area contributed by atoms with E-state index in [4.69, 9.17) is 10.5 Å². The Morgan fingerprint density at radius 1 is 1.27 bits per heavy atom. The van der Waals surface area contributed by atoms with Crippen molar-refractivity contribution < 1.29 is 19.4 Å². The highest BCUT2D eigenvalue weighted by Crippen LogP contribution is 2.34. The Bertz CT molecular complexity index is 963. The van der Waals surface area contributed by atoms with Gasteiger partial charge in [0, 0.05) is 5.92 Å². The summed E-state index contributed by atoms with van der Waals surface area (Å²) in [5, 5.41) is 13.1. The lowest BCUT2D eigenvalue weighted by Crippen LogP contribution is -2.50.